The molecule has 1 aromatic carbocycles. The lowest BCUT2D eigenvalue weighted by Crippen LogP contribution is -2.51. The van der Waals surface area contributed by atoms with Crippen LogP contribution in [0.15, 0.2) is 29.2 Å². The van der Waals surface area contributed by atoms with Gasteiger partial charge in [-0.15, -0.1) is 0 Å². The maximum atomic E-state index is 12.6. The Morgan fingerprint density at radius 1 is 1.15 bits per heavy atom. The van der Waals surface area contributed by atoms with Crippen molar-refractivity contribution in [1.82, 2.24) is 9.21 Å². The molecule has 5 nitrogen and oxygen atoms in total. The molecule has 1 atom stereocenters. The third-order valence-corrected chi connectivity index (χ3v) is 6.05. The summed E-state index contributed by atoms with van der Waals surface area (Å²) in [4.78, 5) is 2.66. The molecule has 6 heteroatoms. The Kier molecular flexibility index (Phi) is 3.50. The van der Waals surface area contributed by atoms with E-state index in [0.29, 0.717) is 24.7 Å². The normalized spacial score (nSPS) is 24.2. The average Bonchev–Trinajstić information content (AvgIpc) is 2.94. The van der Waals surface area contributed by atoms with Gasteiger partial charge in [-0.25, -0.2) is 8.42 Å². The SMILES string of the molecule is N#Cc1ccc(S(=O)(=O)N2CCN3CCCC3C2)cc1. The molecule has 2 saturated heterocycles. The number of piperazine rings is 1. The summed E-state index contributed by atoms with van der Waals surface area (Å²) in [5.41, 5.74) is 0.476. The Morgan fingerprint density at radius 3 is 2.60 bits per heavy atom. The van der Waals surface area contributed by atoms with E-state index >= 15 is 0 Å². The van der Waals surface area contributed by atoms with Crippen molar-refractivity contribution in [3.05, 3.63) is 29.8 Å². The van der Waals surface area contributed by atoms with Gasteiger partial charge in [-0.3, -0.25) is 4.90 Å². The minimum Gasteiger partial charge on any atom is -0.298 e. The second kappa shape index (κ2) is 5.17. The number of nitrogens with zero attached hydrogens (tertiary/aromatic N) is 3. The van der Waals surface area contributed by atoms with Crippen LogP contribution in [0.3, 0.4) is 0 Å². The molecule has 0 bridgehead atoms. The Bertz CT molecular complexity index is 633. The Balaban J connectivity index is 1.82. The number of benzene rings is 1. The van der Waals surface area contributed by atoms with Gasteiger partial charge < -0.3 is 0 Å². The molecule has 3 rings (SSSR count). The van der Waals surface area contributed by atoms with Gasteiger partial charge in [-0.1, -0.05) is 0 Å². The van der Waals surface area contributed by atoms with Gasteiger partial charge in [0.15, 0.2) is 0 Å². The summed E-state index contributed by atoms with van der Waals surface area (Å²) in [6.07, 6.45) is 2.24. The Hall–Kier alpha value is -1.42. The van der Waals surface area contributed by atoms with Gasteiger partial charge in [0.25, 0.3) is 0 Å². The second-order valence-electron chi connectivity index (χ2n) is 5.33. The highest BCUT2D eigenvalue weighted by Gasteiger charge is 2.36. The van der Waals surface area contributed by atoms with Crippen LogP contribution in [-0.2, 0) is 10.0 Å². The predicted molar refractivity (Wildman–Crippen MR) is 74.5 cm³/mol. The predicted octanol–water partition coefficient (Wildman–Crippen LogP) is 1.03. The van der Waals surface area contributed by atoms with Crippen LogP contribution in [0.5, 0.6) is 0 Å². The van der Waals surface area contributed by atoms with Crippen LogP contribution in [0.2, 0.25) is 0 Å². The number of hydrogen-bond donors (Lipinski definition) is 0. The topological polar surface area (TPSA) is 64.4 Å². The minimum absolute atomic E-state index is 0.281. The van der Waals surface area contributed by atoms with E-state index in [1.54, 1.807) is 16.4 Å². The number of sulfonamides is 1. The molecule has 0 radical (unpaired) electrons. The highest BCUT2D eigenvalue weighted by Crippen LogP contribution is 2.25. The largest absolute Gasteiger partial charge is 0.298 e. The zero-order valence-electron chi connectivity index (χ0n) is 11.2. The molecule has 0 N–H and O–H groups in total. The summed E-state index contributed by atoms with van der Waals surface area (Å²) in [7, 11) is -3.43. The van der Waals surface area contributed by atoms with Gasteiger partial charge in [-0.2, -0.15) is 9.57 Å². The van der Waals surface area contributed by atoms with E-state index in [-0.39, 0.29) is 4.90 Å². The molecular formula is C14H17N3O2S. The maximum Gasteiger partial charge on any atom is 0.243 e. The lowest BCUT2D eigenvalue weighted by molar-refractivity contribution is 0.158. The smallest absolute Gasteiger partial charge is 0.243 e. The Labute approximate surface area is 119 Å². The number of nitriles is 1. The fourth-order valence-electron chi connectivity index (χ4n) is 3.03. The first-order chi connectivity index (χ1) is 9.61. The van der Waals surface area contributed by atoms with E-state index in [4.69, 9.17) is 5.26 Å². The third-order valence-electron chi connectivity index (χ3n) is 4.17. The highest BCUT2D eigenvalue weighted by atomic mass is 32.2. The van der Waals surface area contributed by atoms with Crippen molar-refractivity contribution in [2.24, 2.45) is 0 Å². The van der Waals surface area contributed by atoms with Crippen molar-refractivity contribution >= 4 is 10.0 Å². The summed E-state index contributed by atoms with van der Waals surface area (Å²) >= 11 is 0. The quantitative estimate of drug-likeness (QED) is 0.816. The molecule has 0 aliphatic carbocycles. The van der Waals surface area contributed by atoms with Gasteiger partial charge >= 0.3 is 0 Å². The van der Waals surface area contributed by atoms with E-state index in [0.717, 1.165) is 25.9 Å². The molecule has 2 fully saturated rings. The summed E-state index contributed by atoms with van der Waals surface area (Å²) in [6.45, 7) is 3.05. The van der Waals surface area contributed by atoms with E-state index in [9.17, 15) is 8.42 Å². The summed E-state index contributed by atoms with van der Waals surface area (Å²) < 4.78 is 26.8. The summed E-state index contributed by atoms with van der Waals surface area (Å²) in [6, 6.07) is 8.53. The van der Waals surface area contributed by atoms with Gasteiger partial charge in [-0.05, 0) is 43.7 Å². The molecule has 20 heavy (non-hydrogen) atoms. The molecule has 2 aliphatic heterocycles. The molecule has 1 aromatic rings. The average molecular weight is 291 g/mol. The van der Waals surface area contributed by atoms with E-state index < -0.39 is 10.0 Å². The number of hydrogen-bond acceptors (Lipinski definition) is 4. The monoisotopic (exact) mass is 291 g/mol. The number of fused-ring (bicyclic) bond motifs is 1. The van der Waals surface area contributed by atoms with Crippen LogP contribution in [0, 0.1) is 11.3 Å². The van der Waals surface area contributed by atoms with Crippen LogP contribution in [0.25, 0.3) is 0 Å². The van der Waals surface area contributed by atoms with Gasteiger partial charge in [0.1, 0.15) is 0 Å². The third kappa shape index (κ3) is 2.33. The van der Waals surface area contributed by atoms with Crippen LogP contribution >= 0.6 is 0 Å². The van der Waals surface area contributed by atoms with Gasteiger partial charge in [0.2, 0.25) is 10.0 Å². The minimum atomic E-state index is -3.43. The van der Waals surface area contributed by atoms with Crippen molar-refractivity contribution in [3.8, 4) is 6.07 Å². The van der Waals surface area contributed by atoms with Crippen LogP contribution in [-0.4, -0.2) is 49.8 Å². The number of rotatable bonds is 2. The van der Waals surface area contributed by atoms with Crippen molar-refractivity contribution < 1.29 is 8.42 Å². The van der Waals surface area contributed by atoms with Crippen molar-refractivity contribution in [3.63, 3.8) is 0 Å². The van der Waals surface area contributed by atoms with Crippen LogP contribution in [0.1, 0.15) is 18.4 Å². The molecule has 2 aliphatic rings. The zero-order valence-corrected chi connectivity index (χ0v) is 12.0. The zero-order chi connectivity index (χ0) is 14.2. The molecule has 0 aromatic heterocycles. The lowest BCUT2D eigenvalue weighted by Gasteiger charge is -2.36. The fraction of sp³-hybridized carbons (Fsp3) is 0.500. The van der Waals surface area contributed by atoms with Gasteiger partial charge in [0, 0.05) is 25.7 Å². The lowest BCUT2D eigenvalue weighted by atomic mass is 10.2. The standard InChI is InChI=1S/C14H17N3O2S/c15-10-12-3-5-14(6-4-12)20(18,19)17-9-8-16-7-1-2-13(16)11-17/h3-6,13H,1-2,7-9,11H2. The van der Waals surface area contributed by atoms with Crippen molar-refractivity contribution in [2.45, 2.75) is 23.8 Å². The molecule has 2 heterocycles. The van der Waals surface area contributed by atoms with Crippen LogP contribution in [0.4, 0.5) is 0 Å². The highest BCUT2D eigenvalue weighted by molar-refractivity contribution is 7.89. The fourth-order valence-corrected chi connectivity index (χ4v) is 4.50. The molecule has 0 saturated carbocycles. The van der Waals surface area contributed by atoms with E-state index in [1.165, 1.54) is 12.1 Å². The van der Waals surface area contributed by atoms with E-state index in [1.807, 2.05) is 6.07 Å². The first-order valence-corrected chi connectivity index (χ1v) is 8.29. The Morgan fingerprint density at radius 2 is 1.90 bits per heavy atom. The van der Waals surface area contributed by atoms with Crippen LogP contribution < -0.4 is 0 Å². The first kappa shape index (κ1) is 13.6. The molecule has 0 amide bonds. The summed E-state index contributed by atoms with van der Waals surface area (Å²) in [5, 5.41) is 8.77. The summed E-state index contributed by atoms with van der Waals surface area (Å²) in [5.74, 6) is 0. The van der Waals surface area contributed by atoms with Crippen molar-refractivity contribution in [1.29, 1.82) is 5.26 Å². The van der Waals surface area contributed by atoms with Gasteiger partial charge in [0.05, 0.1) is 16.5 Å². The van der Waals surface area contributed by atoms with E-state index in [2.05, 4.69) is 4.90 Å². The maximum absolute atomic E-state index is 12.6. The molecule has 1 unspecified atom stereocenters. The molecule has 0 spiro atoms. The van der Waals surface area contributed by atoms with Crippen molar-refractivity contribution in [2.75, 3.05) is 26.2 Å². The molecule has 106 valence electrons. The molecular weight excluding hydrogens is 274 g/mol. The first-order valence-electron chi connectivity index (χ1n) is 6.85. The second-order valence-corrected chi connectivity index (χ2v) is 7.27.